The molecule has 1 unspecified atom stereocenters. The third-order valence-electron chi connectivity index (χ3n) is 5.16. The van der Waals surface area contributed by atoms with Crippen LogP contribution in [0.15, 0.2) is 24.3 Å². The molecule has 0 fully saturated rings. The van der Waals surface area contributed by atoms with Crippen molar-refractivity contribution in [1.29, 1.82) is 0 Å². The molecule has 0 saturated carbocycles. The van der Waals surface area contributed by atoms with Crippen LogP contribution in [-0.2, 0) is 24.2 Å². The van der Waals surface area contributed by atoms with Gasteiger partial charge in [-0.3, -0.25) is 9.59 Å². The monoisotopic (exact) mass is 372 g/mol. The SMILES string of the molecule is Cc1c(CC(=O)NC(C)CO)c2c(n1Cc1ccccc1F)CCCC2=O. The van der Waals surface area contributed by atoms with E-state index in [1.54, 1.807) is 25.1 Å². The fourth-order valence-electron chi connectivity index (χ4n) is 3.75. The number of amides is 1. The Kier molecular flexibility index (Phi) is 5.75. The third-order valence-corrected chi connectivity index (χ3v) is 5.16. The molecule has 27 heavy (non-hydrogen) atoms. The molecule has 1 aromatic heterocycles. The van der Waals surface area contributed by atoms with Crippen LogP contribution in [0, 0.1) is 12.7 Å². The Bertz CT molecular complexity index is 873. The summed E-state index contributed by atoms with van der Waals surface area (Å²) in [6, 6.07) is 6.26. The zero-order valence-corrected chi connectivity index (χ0v) is 15.7. The van der Waals surface area contributed by atoms with Gasteiger partial charge in [-0.1, -0.05) is 18.2 Å². The Hall–Kier alpha value is -2.47. The first kappa shape index (κ1) is 19.3. The minimum atomic E-state index is -0.343. The van der Waals surface area contributed by atoms with Crippen molar-refractivity contribution < 1.29 is 19.1 Å². The number of carbonyl (C=O) groups excluding carboxylic acids is 2. The zero-order valence-electron chi connectivity index (χ0n) is 15.7. The Morgan fingerprint density at radius 1 is 1.33 bits per heavy atom. The maximum absolute atomic E-state index is 14.1. The third kappa shape index (κ3) is 3.95. The highest BCUT2D eigenvalue weighted by Gasteiger charge is 2.29. The summed E-state index contributed by atoms with van der Waals surface area (Å²) in [5.74, 6) is -0.467. The van der Waals surface area contributed by atoms with Gasteiger partial charge in [0, 0.05) is 35.0 Å². The van der Waals surface area contributed by atoms with Crippen molar-refractivity contribution >= 4 is 11.7 Å². The topological polar surface area (TPSA) is 71.3 Å². The van der Waals surface area contributed by atoms with Crippen molar-refractivity contribution in [3.05, 3.63) is 58.2 Å². The van der Waals surface area contributed by atoms with E-state index in [0.717, 1.165) is 24.2 Å². The number of aliphatic hydroxyl groups is 1. The Morgan fingerprint density at radius 2 is 2.07 bits per heavy atom. The van der Waals surface area contributed by atoms with Gasteiger partial charge in [0.1, 0.15) is 5.82 Å². The van der Waals surface area contributed by atoms with Gasteiger partial charge < -0.3 is 15.0 Å². The van der Waals surface area contributed by atoms with Crippen LogP contribution in [0.2, 0.25) is 0 Å². The highest BCUT2D eigenvalue weighted by molar-refractivity contribution is 6.01. The molecular formula is C21H25FN2O3. The standard InChI is InChI=1S/C21H25FN2O3/c1-13(12-25)23-20(27)10-16-14(2)24(11-15-6-3-4-7-17(15)22)18-8-5-9-19(26)21(16)18/h3-4,6-7,13,25H,5,8-12H2,1-2H3,(H,23,27). The number of nitrogens with one attached hydrogen (secondary N) is 1. The molecule has 5 nitrogen and oxygen atoms in total. The van der Waals surface area contributed by atoms with Gasteiger partial charge in [-0.25, -0.2) is 4.39 Å². The number of ketones is 1. The maximum Gasteiger partial charge on any atom is 0.224 e. The molecule has 1 aromatic carbocycles. The minimum absolute atomic E-state index is 0.0460. The summed E-state index contributed by atoms with van der Waals surface area (Å²) >= 11 is 0. The van der Waals surface area contributed by atoms with E-state index in [9.17, 15) is 14.0 Å². The molecule has 0 bridgehead atoms. The molecular weight excluding hydrogens is 347 g/mol. The first-order valence-corrected chi connectivity index (χ1v) is 9.30. The van der Waals surface area contributed by atoms with Crippen molar-refractivity contribution in [3.8, 4) is 0 Å². The number of halogens is 1. The van der Waals surface area contributed by atoms with Gasteiger partial charge in [-0.15, -0.1) is 0 Å². The van der Waals surface area contributed by atoms with Crippen molar-refractivity contribution in [1.82, 2.24) is 9.88 Å². The van der Waals surface area contributed by atoms with Gasteiger partial charge in [-0.05, 0) is 38.3 Å². The van der Waals surface area contributed by atoms with Gasteiger partial charge >= 0.3 is 0 Å². The molecule has 1 heterocycles. The molecule has 0 spiro atoms. The highest BCUT2D eigenvalue weighted by atomic mass is 19.1. The summed E-state index contributed by atoms with van der Waals surface area (Å²) in [7, 11) is 0. The fourth-order valence-corrected chi connectivity index (χ4v) is 3.75. The van der Waals surface area contributed by atoms with Crippen LogP contribution in [0.25, 0.3) is 0 Å². The lowest BCUT2D eigenvalue weighted by atomic mass is 9.92. The fraction of sp³-hybridized carbons (Fsp3) is 0.429. The van der Waals surface area contributed by atoms with Crippen LogP contribution in [-0.4, -0.2) is 34.0 Å². The lowest BCUT2D eigenvalue weighted by molar-refractivity contribution is -0.121. The average Bonchev–Trinajstić information content (AvgIpc) is 2.90. The summed E-state index contributed by atoms with van der Waals surface area (Å²) in [6.07, 6.45) is 2.05. The number of carbonyl (C=O) groups is 2. The molecule has 1 amide bonds. The summed E-state index contributed by atoms with van der Waals surface area (Å²) in [6.45, 7) is 3.79. The van der Waals surface area contributed by atoms with E-state index in [1.807, 2.05) is 11.5 Å². The zero-order chi connectivity index (χ0) is 19.6. The van der Waals surface area contributed by atoms with Gasteiger partial charge in [0.05, 0.1) is 19.6 Å². The van der Waals surface area contributed by atoms with E-state index in [-0.39, 0.29) is 36.6 Å². The highest BCUT2D eigenvalue weighted by Crippen LogP contribution is 2.31. The van der Waals surface area contributed by atoms with Crippen LogP contribution in [0.3, 0.4) is 0 Å². The molecule has 3 rings (SSSR count). The first-order chi connectivity index (χ1) is 12.9. The Morgan fingerprint density at radius 3 is 2.78 bits per heavy atom. The average molecular weight is 372 g/mol. The number of nitrogens with zero attached hydrogens (tertiary/aromatic N) is 1. The van der Waals surface area contributed by atoms with Crippen LogP contribution in [0.4, 0.5) is 4.39 Å². The predicted molar refractivity (Wildman–Crippen MR) is 100 cm³/mol. The van der Waals surface area contributed by atoms with Gasteiger partial charge in [0.15, 0.2) is 5.78 Å². The number of aromatic nitrogens is 1. The van der Waals surface area contributed by atoms with Crippen LogP contribution in [0.1, 0.15) is 52.6 Å². The largest absolute Gasteiger partial charge is 0.394 e. The molecule has 1 aliphatic carbocycles. The van der Waals surface area contributed by atoms with Crippen molar-refractivity contribution in [2.75, 3.05) is 6.61 Å². The second-order valence-electron chi connectivity index (χ2n) is 7.17. The smallest absolute Gasteiger partial charge is 0.224 e. The van der Waals surface area contributed by atoms with Crippen LogP contribution >= 0.6 is 0 Å². The van der Waals surface area contributed by atoms with Gasteiger partial charge in [-0.2, -0.15) is 0 Å². The summed E-state index contributed by atoms with van der Waals surface area (Å²) < 4.78 is 16.1. The normalized spacial score (nSPS) is 14.7. The van der Waals surface area contributed by atoms with Crippen LogP contribution < -0.4 is 5.32 Å². The molecule has 0 radical (unpaired) electrons. The molecule has 0 aliphatic heterocycles. The van der Waals surface area contributed by atoms with Crippen molar-refractivity contribution in [2.24, 2.45) is 0 Å². The number of aliphatic hydroxyl groups excluding tert-OH is 1. The molecule has 0 saturated heterocycles. The summed E-state index contributed by atoms with van der Waals surface area (Å²) in [4.78, 5) is 24.9. The number of rotatable bonds is 6. The summed E-state index contributed by atoms with van der Waals surface area (Å²) in [5, 5.41) is 11.8. The molecule has 6 heteroatoms. The van der Waals surface area contributed by atoms with Crippen molar-refractivity contribution in [3.63, 3.8) is 0 Å². The number of hydrogen-bond acceptors (Lipinski definition) is 3. The van der Waals surface area contributed by atoms with E-state index >= 15 is 0 Å². The number of fused-ring (bicyclic) bond motifs is 1. The van der Waals surface area contributed by atoms with E-state index in [2.05, 4.69) is 5.32 Å². The van der Waals surface area contributed by atoms with Gasteiger partial charge in [0.25, 0.3) is 0 Å². The van der Waals surface area contributed by atoms with Crippen molar-refractivity contribution in [2.45, 2.75) is 52.1 Å². The lowest BCUT2D eigenvalue weighted by Gasteiger charge is -2.16. The summed E-state index contributed by atoms with van der Waals surface area (Å²) in [5.41, 5.74) is 3.62. The second kappa shape index (κ2) is 8.05. The second-order valence-corrected chi connectivity index (χ2v) is 7.17. The van der Waals surface area contributed by atoms with E-state index < -0.39 is 0 Å². The number of Topliss-reactive ketones (excluding diaryl/α,β-unsaturated/α-hetero) is 1. The molecule has 1 atom stereocenters. The van der Waals surface area contributed by atoms with E-state index in [0.29, 0.717) is 29.7 Å². The maximum atomic E-state index is 14.1. The van der Waals surface area contributed by atoms with Crippen LogP contribution in [0.5, 0.6) is 0 Å². The van der Waals surface area contributed by atoms with E-state index in [1.165, 1.54) is 6.07 Å². The molecule has 2 aromatic rings. The molecule has 144 valence electrons. The van der Waals surface area contributed by atoms with E-state index in [4.69, 9.17) is 5.11 Å². The number of benzene rings is 1. The van der Waals surface area contributed by atoms with Gasteiger partial charge in [0.2, 0.25) is 5.91 Å². The number of hydrogen-bond donors (Lipinski definition) is 2. The lowest BCUT2D eigenvalue weighted by Crippen LogP contribution is -2.36. The first-order valence-electron chi connectivity index (χ1n) is 9.30. The molecule has 2 N–H and O–H groups in total. The quantitative estimate of drug-likeness (QED) is 0.819. The minimum Gasteiger partial charge on any atom is -0.394 e. The Labute approximate surface area is 158 Å². The Balaban J connectivity index is 1.99. The predicted octanol–water partition coefficient (Wildman–Crippen LogP) is 2.54. The molecule has 1 aliphatic rings.